The molecule has 1 heterocycles. The lowest BCUT2D eigenvalue weighted by Gasteiger charge is -2.43. The molecule has 0 saturated carbocycles. The van der Waals surface area contributed by atoms with Crippen molar-refractivity contribution in [1.29, 1.82) is 5.41 Å². The van der Waals surface area contributed by atoms with Gasteiger partial charge in [0.15, 0.2) is 6.10 Å². The Balaban J connectivity index is 2.28. The van der Waals surface area contributed by atoms with Crippen LogP contribution in [0.15, 0.2) is 30.3 Å². The van der Waals surface area contributed by atoms with E-state index in [4.69, 9.17) is 63.9 Å². The molecule has 0 aromatic heterocycles. The molecule has 1 aromatic rings. The lowest BCUT2D eigenvalue weighted by Crippen LogP contribution is -2.60. The minimum atomic E-state index is -2.10. The summed E-state index contributed by atoms with van der Waals surface area (Å²) in [7, 11) is 2.92. The predicted octanol–water partition coefficient (Wildman–Crippen LogP) is 3.35. The van der Waals surface area contributed by atoms with Crippen LogP contribution in [-0.2, 0) is 23.7 Å². The number of halogens is 3. The number of alkyl halides is 3. The monoisotopic (exact) mass is 439 g/mol. The zero-order valence-corrected chi connectivity index (χ0v) is 17.1. The summed E-state index contributed by atoms with van der Waals surface area (Å²) in [5.74, 6) is -1.29. The van der Waals surface area contributed by atoms with E-state index in [1.54, 1.807) is 37.3 Å². The summed E-state index contributed by atoms with van der Waals surface area (Å²) in [6, 6.07) is 8.38. The van der Waals surface area contributed by atoms with E-state index in [1.807, 2.05) is 0 Å². The third kappa shape index (κ3) is 5.47. The molecule has 0 bridgehead atoms. The van der Waals surface area contributed by atoms with Crippen LogP contribution >= 0.6 is 34.8 Å². The van der Waals surface area contributed by atoms with Gasteiger partial charge in [-0.2, -0.15) is 0 Å². The second kappa shape index (κ2) is 9.41. The van der Waals surface area contributed by atoms with E-state index < -0.39 is 46.4 Å². The Morgan fingerprint density at radius 1 is 1.04 bits per heavy atom. The Bertz CT molecular complexity index is 654. The number of nitrogens with one attached hydrogen (secondary N) is 1. The number of esters is 1. The summed E-state index contributed by atoms with van der Waals surface area (Å²) in [6.45, 7) is 1.73. The summed E-state index contributed by atoms with van der Waals surface area (Å²) in [6.07, 6.45) is -4.09. The summed E-state index contributed by atoms with van der Waals surface area (Å²) in [4.78, 5) is 12.5. The molecule has 27 heavy (non-hydrogen) atoms. The van der Waals surface area contributed by atoms with Crippen molar-refractivity contribution >= 4 is 46.7 Å². The highest BCUT2D eigenvalue weighted by Crippen LogP contribution is 2.33. The Morgan fingerprint density at radius 3 is 2.15 bits per heavy atom. The first-order valence-corrected chi connectivity index (χ1v) is 9.12. The van der Waals surface area contributed by atoms with Crippen LogP contribution in [0.5, 0.6) is 0 Å². The highest BCUT2D eigenvalue weighted by Gasteiger charge is 2.50. The fourth-order valence-electron chi connectivity index (χ4n) is 2.74. The molecule has 1 aromatic carbocycles. The first-order chi connectivity index (χ1) is 12.7. The molecule has 0 spiro atoms. The lowest BCUT2D eigenvalue weighted by atomic mass is 9.99. The van der Waals surface area contributed by atoms with Crippen molar-refractivity contribution in [3.63, 3.8) is 0 Å². The van der Waals surface area contributed by atoms with Crippen LogP contribution in [0.2, 0.25) is 0 Å². The van der Waals surface area contributed by atoms with Gasteiger partial charge in [-0.15, -0.1) is 0 Å². The first kappa shape index (κ1) is 22.2. The molecular weight excluding hydrogens is 421 g/mol. The van der Waals surface area contributed by atoms with Gasteiger partial charge in [0.2, 0.25) is 12.2 Å². The van der Waals surface area contributed by atoms with Crippen molar-refractivity contribution in [2.75, 3.05) is 14.2 Å². The van der Waals surface area contributed by atoms with E-state index in [9.17, 15) is 4.79 Å². The van der Waals surface area contributed by atoms with Gasteiger partial charge >= 0.3 is 5.97 Å². The molecule has 0 unspecified atom stereocenters. The SMILES string of the molecule is CO[C@@H]1[C@@H](OC)[C@H](C)O[C@@H](OC(=N)C(Cl)(Cl)Cl)[C@@H]1OC(=O)c1ccccc1. The largest absolute Gasteiger partial charge is 0.449 e. The molecule has 1 N–H and O–H groups in total. The lowest BCUT2D eigenvalue weighted by molar-refractivity contribution is -0.280. The van der Waals surface area contributed by atoms with Gasteiger partial charge in [-0.3, -0.25) is 5.41 Å². The maximum atomic E-state index is 12.5. The summed E-state index contributed by atoms with van der Waals surface area (Å²) < 4.78 is 25.4. The smallest absolute Gasteiger partial charge is 0.338 e. The molecule has 10 heteroatoms. The van der Waals surface area contributed by atoms with Crippen molar-refractivity contribution in [3.05, 3.63) is 35.9 Å². The average Bonchev–Trinajstić information content (AvgIpc) is 2.63. The van der Waals surface area contributed by atoms with E-state index in [2.05, 4.69) is 0 Å². The standard InChI is InChI=1S/C17H20Cl3NO6/c1-9-11(23-2)12(24-3)13(15(25-9)27-16(21)17(18,19)20)26-14(22)10-7-5-4-6-8-10/h4-9,11-13,15,21H,1-3H3/t9-,11-,12+,13+,15-/m0/s1. The van der Waals surface area contributed by atoms with Gasteiger partial charge in [0.05, 0.1) is 11.7 Å². The molecule has 0 amide bonds. The summed E-state index contributed by atoms with van der Waals surface area (Å²) in [5, 5.41) is 7.79. The zero-order chi connectivity index (χ0) is 20.2. The molecule has 2 rings (SSSR count). The molecule has 0 radical (unpaired) electrons. The van der Waals surface area contributed by atoms with Crippen LogP contribution < -0.4 is 0 Å². The molecule has 5 atom stereocenters. The Kier molecular flexibility index (Phi) is 7.73. The van der Waals surface area contributed by atoms with E-state index >= 15 is 0 Å². The number of hydrogen-bond acceptors (Lipinski definition) is 7. The van der Waals surface area contributed by atoms with Gasteiger partial charge in [-0.05, 0) is 19.1 Å². The normalized spacial score (nSPS) is 28.4. The van der Waals surface area contributed by atoms with Crippen LogP contribution in [0.4, 0.5) is 0 Å². The van der Waals surface area contributed by atoms with E-state index in [0.717, 1.165) is 0 Å². The van der Waals surface area contributed by atoms with E-state index in [0.29, 0.717) is 5.56 Å². The predicted molar refractivity (Wildman–Crippen MR) is 101 cm³/mol. The molecular formula is C17H20Cl3NO6. The molecule has 150 valence electrons. The number of carbonyl (C=O) groups is 1. The van der Waals surface area contributed by atoms with Gasteiger partial charge < -0.3 is 23.7 Å². The Morgan fingerprint density at radius 2 is 1.63 bits per heavy atom. The summed E-state index contributed by atoms with van der Waals surface area (Å²) >= 11 is 17.0. The minimum Gasteiger partial charge on any atom is -0.449 e. The number of hydrogen-bond donors (Lipinski definition) is 1. The average molecular weight is 441 g/mol. The van der Waals surface area contributed by atoms with E-state index in [1.165, 1.54) is 14.2 Å². The quantitative estimate of drug-likeness (QED) is 0.327. The maximum Gasteiger partial charge on any atom is 0.338 e. The molecule has 1 aliphatic heterocycles. The van der Waals surface area contributed by atoms with Crippen molar-refractivity contribution in [2.24, 2.45) is 0 Å². The van der Waals surface area contributed by atoms with Crippen molar-refractivity contribution in [2.45, 2.75) is 41.4 Å². The highest BCUT2D eigenvalue weighted by atomic mass is 35.6. The molecule has 1 saturated heterocycles. The molecule has 7 nitrogen and oxygen atoms in total. The number of carbonyl (C=O) groups excluding carboxylic acids is 1. The van der Waals surface area contributed by atoms with Crippen LogP contribution in [0.25, 0.3) is 0 Å². The van der Waals surface area contributed by atoms with Crippen molar-refractivity contribution in [3.8, 4) is 0 Å². The fourth-order valence-corrected chi connectivity index (χ4v) is 2.87. The van der Waals surface area contributed by atoms with Crippen molar-refractivity contribution < 1.29 is 28.5 Å². The highest BCUT2D eigenvalue weighted by molar-refractivity contribution is 6.76. The molecule has 0 aliphatic carbocycles. The Labute approximate surface area is 172 Å². The number of ether oxygens (including phenoxy) is 5. The fraction of sp³-hybridized carbons (Fsp3) is 0.529. The minimum absolute atomic E-state index is 0.329. The van der Waals surface area contributed by atoms with Crippen LogP contribution in [0, 0.1) is 5.41 Å². The second-order valence-electron chi connectivity index (χ2n) is 5.79. The van der Waals surface area contributed by atoms with Gasteiger partial charge in [0.1, 0.15) is 12.2 Å². The Hall–Kier alpha value is -1.09. The first-order valence-electron chi connectivity index (χ1n) is 7.98. The third-order valence-corrected chi connectivity index (χ3v) is 4.53. The third-order valence-electron chi connectivity index (χ3n) is 4.02. The van der Waals surface area contributed by atoms with Gasteiger partial charge in [-0.25, -0.2) is 4.79 Å². The molecule has 1 fully saturated rings. The maximum absolute atomic E-state index is 12.5. The van der Waals surface area contributed by atoms with Crippen molar-refractivity contribution in [1.82, 2.24) is 0 Å². The van der Waals surface area contributed by atoms with Crippen LogP contribution in [-0.4, -0.2) is 60.6 Å². The molecule has 1 aliphatic rings. The van der Waals surface area contributed by atoms with Gasteiger partial charge in [-0.1, -0.05) is 53.0 Å². The van der Waals surface area contributed by atoms with Gasteiger partial charge in [0.25, 0.3) is 3.79 Å². The topological polar surface area (TPSA) is 87.1 Å². The summed E-state index contributed by atoms with van der Waals surface area (Å²) in [5.41, 5.74) is 0.329. The number of benzene rings is 1. The van der Waals surface area contributed by atoms with Crippen LogP contribution in [0.3, 0.4) is 0 Å². The number of methoxy groups -OCH3 is 2. The van der Waals surface area contributed by atoms with Gasteiger partial charge in [0, 0.05) is 14.2 Å². The second-order valence-corrected chi connectivity index (χ2v) is 8.07. The number of rotatable bonds is 5. The zero-order valence-electron chi connectivity index (χ0n) is 14.9. The van der Waals surface area contributed by atoms with E-state index in [-0.39, 0.29) is 0 Å². The van der Waals surface area contributed by atoms with Crippen LogP contribution in [0.1, 0.15) is 17.3 Å².